The molecule has 0 radical (unpaired) electrons. The van der Waals surface area contributed by atoms with Crippen molar-refractivity contribution in [2.75, 3.05) is 13.1 Å². The molecule has 5 heteroatoms. The molecule has 16 heavy (non-hydrogen) atoms. The van der Waals surface area contributed by atoms with Crippen LogP contribution in [-0.4, -0.2) is 21.5 Å². The van der Waals surface area contributed by atoms with Crippen LogP contribution in [0.5, 0.6) is 0 Å². The lowest BCUT2D eigenvalue weighted by Crippen LogP contribution is -2.25. The molecule has 0 atom stereocenters. The summed E-state index contributed by atoms with van der Waals surface area (Å²) in [6.45, 7) is 2.83. The first-order chi connectivity index (χ1) is 7.61. The van der Waals surface area contributed by atoms with E-state index in [9.17, 15) is 8.42 Å². The highest BCUT2D eigenvalue weighted by Crippen LogP contribution is 2.15. The summed E-state index contributed by atoms with van der Waals surface area (Å²) >= 11 is 0. The van der Waals surface area contributed by atoms with E-state index in [2.05, 4.69) is 4.72 Å². The average molecular weight is 242 g/mol. The second-order valence-electron chi connectivity index (χ2n) is 3.54. The average Bonchev–Trinajstić information content (AvgIpc) is 2.27. The maximum Gasteiger partial charge on any atom is 0.240 e. The highest BCUT2D eigenvalue weighted by Gasteiger charge is 2.16. The van der Waals surface area contributed by atoms with Gasteiger partial charge in [0.1, 0.15) is 0 Å². The number of nitrogens with one attached hydrogen (secondary N) is 1. The van der Waals surface area contributed by atoms with Gasteiger partial charge in [0.05, 0.1) is 4.90 Å². The van der Waals surface area contributed by atoms with Crippen molar-refractivity contribution >= 4 is 10.0 Å². The molecule has 0 saturated heterocycles. The molecule has 4 nitrogen and oxygen atoms in total. The fourth-order valence-electron chi connectivity index (χ4n) is 1.44. The fourth-order valence-corrected chi connectivity index (χ4v) is 2.84. The molecule has 1 aromatic rings. The highest BCUT2D eigenvalue weighted by atomic mass is 32.2. The Morgan fingerprint density at radius 3 is 2.62 bits per heavy atom. The Labute approximate surface area is 96.9 Å². The molecule has 0 heterocycles. The first-order valence-corrected chi connectivity index (χ1v) is 6.87. The summed E-state index contributed by atoms with van der Waals surface area (Å²) in [5.41, 5.74) is 6.23. The lowest BCUT2D eigenvalue weighted by molar-refractivity contribution is 0.579. The third-order valence-corrected chi connectivity index (χ3v) is 3.78. The van der Waals surface area contributed by atoms with E-state index in [1.807, 2.05) is 13.0 Å². The van der Waals surface area contributed by atoms with E-state index in [1.165, 1.54) is 0 Å². The third kappa shape index (κ3) is 3.30. The predicted molar refractivity (Wildman–Crippen MR) is 64.7 cm³/mol. The van der Waals surface area contributed by atoms with E-state index < -0.39 is 10.0 Å². The molecule has 0 bridgehead atoms. The molecule has 0 fully saturated rings. The molecule has 1 aromatic carbocycles. The number of rotatable bonds is 6. The van der Waals surface area contributed by atoms with E-state index in [0.29, 0.717) is 24.4 Å². The summed E-state index contributed by atoms with van der Waals surface area (Å²) in [6, 6.07) is 6.96. The molecule has 1 rings (SSSR count). The smallest absolute Gasteiger partial charge is 0.240 e. The van der Waals surface area contributed by atoms with Crippen LogP contribution in [0, 0.1) is 0 Å². The zero-order chi connectivity index (χ0) is 12.0. The van der Waals surface area contributed by atoms with Gasteiger partial charge in [0.25, 0.3) is 0 Å². The molecular formula is C11H18N2O2S. The van der Waals surface area contributed by atoms with E-state index >= 15 is 0 Å². The Balaban J connectivity index is 3.02. The first kappa shape index (κ1) is 13.2. The first-order valence-electron chi connectivity index (χ1n) is 5.39. The van der Waals surface area contributed by atoms with Crippen molar-refractivity contribution in [1.29, 1.82) is 0 Å². The zero-order valence-corrected chi connectivity index (χ0v) is 10.3. The van der Waals surface area contributed by atoms with E-state index in [-0.39, 0.29) is 0 Å². The number of sulfonamides is 1. The van der Waals surface area contributed by atoms with Crippen LogP contribution in [0.3, 0.4) is 0 Å². The molecule has 0 aliphatic rings. The largest absolute Gasteiger partial charge is 0.330 e. The lowest BCUT2D eigenvalue weighted by atomic mass is 10.1. The summed E-state index contributed by atoms with van der Waals surface area (Å²) in [4.78, 5) is 0.342. The predicted octanol–water partition coefficient (Wildman–Crippen LogP) is 0.876. The Hall–Kier alpha value is -0.910. The minimum atomic E-state index is -3.38. The van der Waals surface area contributed by atoms with Gasteiger partial charge in [-0.05, 0) is 31.0 Å². The molecule has 3 N–H and O–H groups in total. The van der Waals surface area contributed by atoms with Crippen molar-refractivity contribution in [2.45, 2.75) is 24.7 Å². The molecule has 0 amide bonds. The number of nitrogens with two attached hydrogens (primary N) is 1. The minimum absolute atomic E-state index is 0.342. The minimum Gasteiger partial charge on any atom is -0.330 e. The monoisotopic (exact) mass is 242 g/mol. The van der Waals surface area contributed by atoms with Crippen LogP contribution < -0.4 is 10.5 Å². The quantitative estimate of drug-likeness (QED) is 0.777. The second-order valence-corrected chi connectivity index (χ2v) is 5.28. The molecule has 0 aliphatic carbocycles. The summed E-state index contributed by atoms with van der Waals surface area (Å²) in [5, 5.41) is 0. The number of benzene rings is 1. The summed E-state index contributed by atoms with van der Waals surface area (Å²) in [7, 11) is -3.38. The van der Waals surface area contributed by atoms with Crippen molar-refractivity contribution in [3.63, 3.8) is 0 Å². The molecule has 90 valence electrons. The van der Waals surface area contributed by atoms with Crippen molar-refractivity contribution in [3.8, 4) is 0 Å². The van der Waals surface area contributed by atoms with E-state index in [4.69, 9.17) is 5.73 Å². The topological polar surface area (TPSA) is 72.2 Å². The second kappa shape index (κ2) is 5.98. The van der Waals surface area contributed by atoms with Crippen LogP contribution in [0.2, 0.25) is 0 Å². The molecule has 0 aromatic heterocycles. The van der Waals surface area contributed by atoms with E-state index in [1.54, 1.807) is 18.2 Å². The summed E-state index contributed by atoms with van der Waals surface area (Å²) < 4.78 is 26.4. The van der Waals surface area contributed by atoms with Crippen LogP contribution in [0.25, 0.3) is 0 Å². The van der Waals surface area contributed by atoms with Crippen LogP contribution in [0.4, 0.5) is 0 Å². The normalized spacial score (nSPS) is 11.6. The van der Waals surface area contributed by atoms with Crippen LogP contribution in [-0.2, 0) is 16.4 Å². The van der Waals surface area contributed by atoms with Crippen molar-refractivity contribution < 1.29 is 8.42 Å². The fraction of sp³-hybridized carbons (Fsp3) is 0.455. The molecular weight excluding hydrogens is 224 g/mol. The Kier molecular flexibility index (Phi) is 4.92. The zero-order valence-electron chi connectivity index (χ0n) is 9.44. The highest BCUT2D eigenvalue weighted by molar-refractivity contribution is 7.89. The van der Waals surface area contributed by atoms with Gasteiger partial charge in [0.15, 0.2) is 0 Å². The van der Waals surface area contributed by atoms with Gasteiger partial charge < -0.3 is 5.73 Å². The van der Waals surface area contributed by atoms with Crippen LogP contribution in [0.15, 0.2) is 29.2 Å². The van der Waals surface area contributed by atoms with Crippen molar-refractivity contribution in [1.82, 2.24) is 4.72 Å². The van der Waals surface area contributed by atoms with Crippen LogP contribution >= 0.6 is 0 Å². The number of hydrogen-bond acceptors (Lipinski definition) is 3. The van der Waals surface area contributed by atoms with Gasteiger partial charge in [0.2, 0.25) is 10.0 Å². The van der Waals surface area contributed by atoms with Crippen molar-refractivity contribution in [2.24, 2.45) is 5.73 Å². The molecule has 0 saturated carbocycles. The van der Waals surface area contributed by atoms with Gasteiger partial charge in [-0.1, -0.05) is 25.1 Å². The van der Waals surface area contributed by atoms with Crippen LogP contribution in [0.1, 0.15) is 18.9 Å². The van der Waals surface area contributed by atoms with Gasteiger partial charge >= 0.3 is 0 Å². The van der Waals surface area contributed by atoms with Gasteiger partial charge in [0, 0.05) is 6.54 Å². The van der Waals surface area contributed by atoms with Gasteiger partial charge in [-0.25, -0.2) is 13.1 Å². The van der Waals surface area contributed by atoms with Gasteiger partial charge in [-0.3, -0.25) is 0 Å². The summed E-state index contributed by atoms with van der Waals surface area (Å²) in [6.07, 6.45) is 1.35. The van der Waals surface area contributed by atoms with Crippen molar-refractivity contribution in [3.05, 3.63) is 29.8 Å². The summed E-state index contributed by atoms with van der Waals surface area (Å²) in [5.74, 6) is 0. The Morgan fingerprint density at radius 1 is 1.31 bits per heavy atom. The molecule has 0 spiro atoms. The van der Waals surface area contributed by atoms with Gasteiger partial charge in [-0.15, -0.1) is 0 Å². The third-order valence-electron chi connectivity index (χ3n) is 2.22. The SMILES string of the molecule is CCCNS(=O)(=O)c1ccccc1CCN. The molecule has 0 unspecified atom stereocenters. The Bertz CT molecular complexity index is 429. The van der Waals surface area contributed by atoms with E-state index in [0.717, 1.165) is 12.0 Å². The van der Waals surface area contributed by atoms with Gasteiger partial charge in [-0.2, -0.15) is 0 Å². The number of hydrogen-bond donors (Lipinski definition) is 2. The standard InChI is InChI=1S/C11H18N2O2S/c1-2-9-13-16(14,15)11-6-4-3-5-10(11)7-8-12/h3-6,13H,2,7-9,12H2,1H3. The maximum absolute atomic E-state index is 11.9. The molecule has 0 aliphatic heterocycles. The Morgan fingerprint density at radius 2 is 2.00 bits per heavy atom. The maximum atomic E-state index is 11.9. The lowest BCUT2D eigenvalue weighted by Gasteiger charge is -2.10.